The molecule has 4 fully saturated rings. The van der Waals surface area contributed by atoms with Crippen LogP contribution in [0.15, 0.2) is 24.3 Å². The standard InChI is InChI=1S/C23H32N2O2S/c1-16-3-5-18(6-4-16)14-28-8-7-24-21(27)22-10-19-9-20(11-22)13-23(12-19,15-22)25-17(2)26/h3-6,19-20H,7-15H2,1-2H3,(H,24,27)(H,25,26)/t19-,20+,22?,23?. The van der Waals surface area contributed by atoms with Crippen molar-refractivity contribution < 1.29 is 9.59 Å². The molecule has 1 aromatic rings. The van der Waals surface area contributed by atoms with E-state index in [2.05, 4.69) is 41.8 Å². The first-order valence-corrected chi connectivity index (χ1v) is 11.7. The smallest absolute Gasteiger partial charge is 0.226 e. The maximum Gasteiger partial charge on any atom is 0.226 e. The van der Waals surface area contributed by atoms with Crippen molar-refractivity contribution in [3.8, 4) is 0 Å². The minimum atomic E-state index is -0.256. The number of hydrogen-bond acceptors (Lipinski definition) is 3. The fourth-order valence-electron chi connectivity index (χ4n) is 6.35. The van der Waals surface area contributed by atoms with Gasteiger partial charge < -0.3 is 10.6 Å². The van der Waals surface area contributed by atoms with Gasteiger partial charge in [-0.15, -0.1) is 0 Å². The molecule has 5 rings (SSSR count). The molecular formula is C23H32N2O2S. The molecule has 0 aromatic heterocycles. The minimum Gasteiger partial charge on any atom is -0.355 e. The Hall–Kier alpha value is -1.49. The Bertz CT molecular complexity index is 731. The third-order valence-electron chi connectivity index (χ3n) is 6.91. The van der Waals surface area contributed by atoms with E-state index in [0.717, 1.165) is 50.2 Å². The minimum absolute atomic E-state index is 0.0463. The molecule has 4 nitrogen and oxygen atoms in total. The molecule has 0 radical (unpaired) electrons. The molecule has 0 spiro atoms. The van der Waals surface area contributed by atoms with Crippen LogP contribution in [-0.4, -0.2) is 29.7 Å². The van der Waals surface area contributed by atoms with Gasteiger partial charge in [-0.25, -0.2) is 0 Å². The van der Waals surface area contributed by atoms with Gasteiger partial charge in [0.25, 0.3) is 0 Å². The molecule has 0 aliphatic heterocycles. The van der Waals surface area contributed by atoms with Gasteiger partial charge in [0.1, 0.15) is 0 Å². The molecule has 2 N–H and O–H groups in total. The Labute approximate surface area is 172 Å². The van der Waals surface area contributed by atoms with Crippen molar-refractivity contribution >= 4 is 23.6 Å². The van der Waals surface area contributed by atoms with Crippen molar-refractivity contribution in [2.75, 3.05) is 12.3 Å². The van der Waals surface area contributed by atoms with Crippen molar-refractivity contribution in [3.63, 3.8) is 0 Å². The topological polar surface area (TPSA) is 58.2 Å². The lowest BCUT2D eigenvalue weighted by atomic mass is 9.46. The summed E-state index contributed by atoms with van der Waals surface area (Å²) in [6.45, 7) is 4.43. The van der Waals surface area contributed by atoms with E-state index in [4.69, 9.17) is 0 Å². The Morgan fingerprint density at radius 1 is 1.11 bits per heavy atom. The second-order valence-corrected chi connectivity index (χ2v) is 10.6. The van der Waals surface area contributed by atoms with Crippen LogP contribution in [0.4, 0.5) is 0 Å². The number of amides is 2. The summed E-state index contributed by atoms with van der Waals surface area (Å²) < 4.78 is 0. The summed E-state index contributed by atoms with van der Waals surface area (Å²) in [6.07, 6.45) is 6.20. The highest BCUT2D eigenvalue weighted by Gasteiger charge is 2.60. The molecule has 4 aliphatic carbocycles. The molecule has 5 heteroatoms. The molecule has 2 unspecified atom stereocenters. The van der Waals surface area contributed by atoms with Crippen LogP contribution in [0.2, 0.25) is 0 Å². The van der Waals surface area contributed by atoms with Gasteiger partial charge in [0, 0.05) is 30.5 Å². The third-order valence-corrected chi connectivity index (χ3v) is 7.94. The molecule has 4 atom stereocenters. The quantitative estimate of drug-likeness (QED) is 0.684. The summed E-state index contributed by atoms with van der Waals surface area (Å²) in [5.41, 5.74) is 2.23. The van der Waals surface area contributed by atoms with E-state index in [1.807, 2.05) is 11.8 Å². The first-order valence-electron chi connectivity index (χ1n) is 10.6. The third kappa shape index (κ3) is 4.10. The predicted octanol–water partition coefficient (Wildman–Crippen LogP) is 3.82. The van der Waals surface area contributed by atoms with Gasteiger partial charge in [-0.1, -0.05) is 29.8 Å². The monoisotopic (exact) mass is 400 g/mol. The van der Waals surface area contributed by atoms with Gasteiger partial charge in [0.05, 0.1) is 5.41 Å². The lowest BCUT2D eigenvalue weighted by Crippen LogP contribution is -2.65. The highest BCUT2D eigenvalue weighted by Crippen LogP contribution is 2.61. The summed E-state index contributed by atoms with van der Waals surface area (Å²) in [5, 5.41) is 6.48. The van der Waals surface area contributed by atoms with Crippen LogP contribution in [0.1, 0.15) is 56.6 Å². The Balaban J connectivity index is 1.29. The van der Waals surface area contributed by atoms with E-state index in [1.165, 1.54) is 17.5 Å². The first-order chi connectivity index (χ1) is 13.4. The molecule has 4 bridgehead atoms. The molecule has 4 aliphatic rings. The summed E-state index contributed by atoms with van der Waals surface area (Å²) in [6, 6.07) is 8.65. The Morgan fingerprint density at radius 2 is 1.79 bits per heavy atom. The summed E-state index contributed by atoms with van der Waals surface area (Å²) >= 11 is 1.87. The number of nitrogens with one attached hydrogen (secondary N) is 2. The van der Waals surface area contributed by atoms with Gasteiger partial charge >= 0.3 is 0 Å². The van der Waals surface area contributed by atoms with Gasteiger partial charge in [0.15, 0.2) is 0 Å². The van der Waals surface area contributed by atoms with E-state index in [1.54, 1.807) is 6.92 Å². The van der Waals surface area contributed by atoms with Crippen LogP contribution in [0, 0.1) is 24.2 Å². The average Bonchev–Trinajstić information content (AvgIpc) is 2.60. The Kier molecular flexibility index (Phi) is 5.47. The van der Waals surface area contributed by atoms with E-state index < -0.39 is 0 Å². The second kappa shape index (κ2) is 7.74. The van der Waals surface area contributed by atoms with Crippen LogP contribution >= 0.6 is 11.8 Å². The van der Waals surface area contributed by atoms with Gasteiger partial charge in [0.2, 0.25) is 11.8 Å². The normalized spacial score (nSPS) is 32.9. The van der Waals surface area contributed by atoms with Crippen LogP contribution in [0.3, 0.4) is 0 Å². The molecule has 28 heavy (non-hydrogen) atoms. The van der Waals surface area contributed by atoms with Crippen molar-refractivity contribution in [2.45, 2.75) is 63.7 Å². The first kappa shape index (κ1) is 19.8. The lowest BCUT2D eigenvalue weighted by molar-refractivity contribution is -0.152. The maximum absolute atomic E-state index is 13.2. The summed E-state index contributed by atoms with van der Waals surface area (Å²) in [4.78, 5) is 24.9. The number of thioether (sulfide) groups is 1. The number of hydrogen-bond donors (Lipinski definition) is 2. The molecule has 0 heterocycles. The zero-order valence-electron chi connectivity index (χ0n) is 17.1. The van der Waals surface area contributed by atoms with E-state index >= 15 is 0 Å². The molecule has 0 saturated heterocycles. The SMILES string of the molecule is CC(=O)NC12C[C@H]3C[C@@H](C1)CC(C(=O)NCCSCc1ccc(C)cc1)(C3)C2. The zero-order valence-corrected chi connectivity index (χ0v) is 17.9. The average molecular weight is 401 g/mol. The van der Waals surface area contributed by atoms with Crippen molar-refractivity contribution in [1.82, 2.24) is 10.6 Å². The van der Waals surface area contributed by atoms with Crippen LogP contribution in [0.25, 0.3) is 0 Å². The summed E-state index contributed by atoms with van der Waals surface area (Å²) in [7, 11) is 0. The number of carbonyl (C=O) groups is 2. The van der Waals surface area contributed by atoms with Crippen LogP contribution in [-0.2, 0) is 15.3 Å². The number of benzene rings is 1. The van der Waals surface area contributed by atoms with Crippen molar-refractivity contribution in [1.29, 1.82) is 0 Å². The second-order valence-electron chi connectivity index (χ2n) is 9.50. The highest BCUT2D eigenvalue weighted by molar-refractivity contribution is 7.98. The molecule has 2 amide bonds. The molecule has 1 aromatic carbocycles. The number of aryl methyl sites for hydroxylation is 1. The summed E-state index contributed by atoms with van der Waals surface area (Å²) in [5.74, 6) is 3.37. The van der Waals surface area contributed by atoms with Crippen molar-refractivity contribution in [3.05, 3.63) is 35.4 Å². The van der Waals surface area contributed by atoms with E-state index in [0.29, 0.717) is 11.8 Å². The fraction of sp³-hybridized carbons (Fsp3) is 0.652. The van der Waals surface area contributed by atoms with Gasteiger partial charge in [-0.2, -0.15) is 11.8 Å². The lowest BCUT2D eigenvalue weighted by Gasteiger charge is -2.61. The Morgan fingerprint density at radius 3 is 2.43 bits per heavy atom. The number of rotatable bonds is 7. The van der Waals surface area contributed by atoms with E-state index in [9.17, 15) is 9.59 Å². The van der Waals surface area contributed by atoms with Crippen LogP contribution < -0.4 is 10.6 Å². The zero-order chi connectivity index (χ0) is 19.8. The fourth-order valence-corrected chi connectivity index (χ4v) is 7.17. The number of carbonyl (C=O) groups excluding carboxylic acids is 2. The molecule has 152 valence electrons. The highest BCUT2D eigenvalue weighted by atomic mass is 32.2. The molecular weight excluding hydrogens is 368 g/mol. The van der Waals surface area contributed by atoms with Gasteiger partial charge in [-0.3, -0.25) is 9.59 Å². The van der Waals surface area contributed by atoms with Crippen molar-refractivity contribution in [2.24, 2.45) is 17.3 Å². The van der Waals surface area contributed by atoms with Gasteiger partial charge in [-0.05, 0) is 62.8 Å². The predicted molar refractivity (Wildman–Crippen MR) is 114 cm³/mol. The van der Waals surface area contributed by atoms with Crippen LogP contribution in [0.5, 0.6) is 0 Å². The molecule has 4 saturated carbocycles. The van der Waals surface area contributed by atoms with E-state index in [-0.39, 0.29) is 22.8 Å². The largest absolute Gasteiger partial charge is 0.355 e. The maximum atomic E-state index is 13.2.